The number of hydrogen-bond donors (Lipinski definition) is 2. The lowest BCUT2D eigenvalue weighted by Crippen LogP contribution is -2.35. The van der Waals surface area contributed by atoms with Gasteiger partial charge in [0.1, 0.15) is 0 Å². The standard InChI is InChI=1S/C18H22N4O2.C2HF3O2/c23-18(8-13-4-1-2-5-13)21-16-11-24-12-17-15(16)10-20-22(17)14-6-3-7-19-9-14;3-2(4,5)1(6)7/h3,6-7,9-10,13,16H,1-2,4-5,8,11-12H2,(H,21,23);(H,6,7). The fourth-order valence-corrected chi connectivity index (χ4v) is 3.74. The highest BCUT2D eigenvalue weighted by Crippen LogP contribution is 2.29. The Morgan fingerprint density at radius 1 is 1.26 bits per heavy atom. The molecule has 2 aromatic heterocycles. The number of nitrogens with one attached hydrogen (secondary N) is 1. The van der Waals surface area contributed by atoms with E-state index in [2.05, 4.69) is 15.4 Å². The van der Waals surface area contributed by atoms with Crippen LogP contribution < -0.4 is 5.32 Å². The van der Waals surface area contributed by atoms with E-state index in [1.54, 1.807) is 12.4 Å². The number of rotatable bonds is 4. The van der Waals surface area contributed by atoms with E-state index < -0.39 is 12.1 Å². The van der Waals surface area contributed by atoms with Crippen LogP contribution in [0, 0.1) is 5.92 Å². The summed E-state index contributed by atoms with van der Waals surface area (Å²) in [5, 5.41) is 14.7. The van der Waals surface area contributed by atoms with Gasteiger partial charge in [0.2, 0.25) is 5.91 Å². The van der Waals surface area contributed by atoms with Crippen LogP contribution in [-0.2, 0) is 20.9 Å². The molecule has 0 radical (unpaired) electrons. The molecule has 1 unspecified atom stereocenters. The van der Waals surface area contributed by atoms with Crippen molar-refractivity contribution in [3.05, 3.63) is 42.0 Å². The Labute approximate surface area is 176 Å². The highest BCUT2D eigenvalue weighted by Gasteiger charge is 2.38. The van der Waals surface area contributed by atoms with Crippen LogP contribution in [-0.4, -0.2) is 44.5 Å². The number of amides is 1. The number of carbonyl (C=O) groups excluding carboxylic acids is 1. The van der Waals surface area contributed by atoms with Crippen molar-refractivity contribution in [2.75, 3.05) is 6.61 Å². The fraction of sp³-hybridized carbons (Fsp3) is 0.500. The van der Waals surface area contributed by atoms with Crippen LogP contribution in [0.25, 0.3) is 5.69 Å². The van der Waals surface area contributed by atoms with E-state index in [9.17, 15) is 18.0 Å². The Morgan fingerprint density at radius 3 is 2.58 bits per heavy atom. The number of carbonyl (C=O) groups is 2. The van der Waals surface area contributed by atoms with Crippen molar-refractivity contribution in [2.24, 2.45) is 5.92 Å². The van der Waals surface area contributed by atoms with Gasteiger partial charge in [0.15, 0.2) is 0 Å². The molecule has 1 atom stereocenters. The van der Waals surface area contributed by atoms with Gasteiger partial charge in [0.05, 0.1) is 43.0 Å². The molecule has 11 heteroatoms. The lowest BCUT2D eigenvalue weighted by Gasteiger charge is -2.25. The monoisotopic (exact) mass is 440 g/mol. The summed E-state index contributed by atoms with van der Waals surface area (Å²) in [7, 11) is 0. The number of carboxylic acids is 1. The third-order valence-corrected chi connectivity index (χ3v) is 5.22. The molecule has 2 aromatic rings. The van der Waals surface area contributed by atoms with Crippen LogP contribution in [0.5, 0.6) is 0 Å². The minimum atomic E-state index is -5.08. The quantitative estimate of drug-likeness (QED) is 0.757. The van der Waals surface area contributed by atoms with Gasteiger partial charge in [0, 0.05) is 18.2 Å². The largest absolute Gasteiger partial charge is 0.490 e. The third-order valence-electron chi connectivity index (χ3n) is 5.22. The first kappa shape index (κ1) is 22.7. The summed E-state index contributed by atoms with van der Waals surface area (Å²) in [4.78, 5) is 25.4. The molecule has 1 aliphatic heterocycles. The van der Waals surface area contributed by atoms with Crippen LogP contribution >= 0.6 is 0 Å². The summed E-state index contributed by atoms with van der Waals surface area (Å²) < 4.78 is 39.3. The van der Waals surface area contributed by atoms with Crippen LogP contribution in [0.1, 0.15) is 49.4 Å². The first-order valence-corrected chi connectivity index (χ1v) is 9.90. The van der Waals surface area contributed by atoms with Crippen molar-refractivity contribution in [3.8, 4) is 5.69 Å². The smallest absolute Gasteiger partial charge is 0.475 e. The maximum absolute atomic E-state index is 12.3. The van der Waals surface area contributed by atoms with Gasteiger partial charge in [-0.15, -0.1) is 0 Å². The van der Waals surface area contributed by atoms with Crippen molar-refractivity contribution in [1.29, 1.82) is 0 Å². The van der Waals surface area contributed by atoms with E-state index >= 15 is 0 Å². The van der Waals surface area contributed by atoms with E-state index in [-0.39, 0.29) is 11.9 Å². The van der Waals surface area contributed by atoms with E-state index in [0.29, 0.717) is 25.6 Å². The van der Waals surface area contributed by atoms with Crippen LogP contribution in [0.2, 0.25) is 0 Å². The lowest BCUT2D eigenvalue weighted by atomic mass is 10.0. The van der Waals surface area contributed by atoms with E-state index in [1.807, 2.05) is 23.0 Å². The van der Waals surface area contributed by atoms with Crippen molar-refractivity contribution in [1.82, 2.24) is 20.1 Å². The Bertz CT molecular complexity index is 896. The van der Waals surface area contributed by atoms with E-state index in [0.717, 1.165) is 16.9 Å². The van der Waals surface area contributed by atoms with E-state index in [1.165, 1.54) is 25.7 Å². The molecule has 4 rings (SSSR count). The first-order valence-electron chi connectivity index (χ1n) is 9.90. The Morgan fingerprint density at radius 2 is 1.97 bits per heavy atom. The number of hydrogen-bond acceptors (Lipinski definition) is 5. The zero-order chi connectivity index (χ0) is 22.4. The molecule has 1 saturated carbocycles. The molecule has 2 aliphatic rings. The highest BCUT2D eigenvalue weighted by atomic mass is 19.4. The minimum absolute atomic E-state index is 0.118. The van der Waals surface area contributed by atoms with Gasteiger partial charge in [-0.2, -0.15) is 18.3 Å². The number of aliphatic carboxylic acids is 1. The molecule has 1 fully saturated rings. The van der Waals surface area contributed by atoms with E-state index in [4.69, 9.17) is 14.6 Å². The van der Waals surface area contributed by atoms with Crippen molar-refractivity contribution >= 4 is 11.9 Å². The van der Waals surface area contributed by atoms with Gasteiger partial charge in [0.25, 0.3) is 0 Å². The number of alkyl halides is 3. The molecule has 0 spiro atoms. The maximum Gasteiger partial charge on any atom is 0.490 e. The average Bonchev–Trinajstić information content (AvgIpc) is 3.38. The number of halogens is 3. The third kappa shape index (κ3) is 6.03. The average molecular weight is 440 g/mol. The van der Waals surface area contributed by atoms with Crippen molar-refractivity contribution in [2.45, 2.75) is 50.9 Å². The Kier molecular flexibility index (Phi) is 7.26. The molecule has 31 heavy (non-hydrogen) atoms. The number of pyridine rings is 1. The summed E-state index contributed by atoms with van der Waals surface area (Å²) >= 11 is 0. The molecule has 2 N–H and O–H groups in total. The molecule has 3 heterocycles. The zero-order valence-corrected chi connectivity index (χ0v) is 16.6. The van der Waals surface area contributed by atoms with Crippen LogP contribution in [0.4, 0.5) is 13.2 Å². The Balaban J connectivity index is 0.000000339. The zero-order valence-electron chi connectivity index (χ0n) is 16.6. The number of aromatic nitrogens is 3. The minimum Gasteiger partial charge on any atom is -0.475 e. The second-order valence-electron chi connectivity index (χ2n) is 7.46. The molecule has 1 amide bonds. The molecule has 0 aromatic carbocycles. The first-order chi connectivity index (χ1) is 14.8. The van der Waals surface area contributed by atoms with Gasteiger partial charge in [-0.25, -0.2) is 9.48 Å². The predicted molar refractivity (Wildman–Crippen MR) is 102 cm³/mol. The second-order valence-corrected chi connectivity index (χ2v) is 7.46. The van der Waals surface area contributed by atoms with Gasteiger partial charge in [-0.05, 0) is 30.9 Å². The topological polar surface area (TPSA) is 106 Å². The molecule has 168 valence electrons. The molecule has 8 nitrogen and oxygen atoms in total. The second kappa shape index (κ2) is 9.90. The van der Waals surface area contributed by atoms with Crippen molar-refractivity contribution in [3.63, 3.8) is 0 Å². The predicted octanol–water partition coefficient (Wildman–Crippen LogP) is 3.17. The van der Waals surface area contributed by atoms with Crippen LogP contribution in [0.3, 0.4) is 0 Å². The summed E-state index contributed by atoms with van der Waals surface area (Å²) in [5.41, 5.74) is 2.94. The number of fused-ring (bicyclic) bond motifs is 1. The van der Waals surface area contributed by atoms with Gasteiger partial charge < -0.3 is 15.2 Å². The number of carboxylic acid groups (broad SMARTS) is 1. The number of nitrogens with zero attached hydrogens (tertiary/aromatic N) is 3. The van der Waals surface area contributed by atoms with Gasteiger partial charge in [-0.3, -0.25) is 9.78 Å². The summed E-state index contributed by atoms with van der Waals surface area (Å²) in [6.07, 6.45) is 5.77. The fourth-order valence-electron chi connectivity index (χ4n) is 3.74. The SMILES string of the molecule is O=C(CC1CCCC1)NC1COCc2c1cnn2-c1cccnc1.O=C(O)C(F)(F)F. The van der Waals surface area contributed by atoms with Crippen molar-refractivity contribution < 1.29 is 32.6 Å². The van der Waals surface area contributed by atoms with Gasteiger partial charge >= 0.3 is 12.1 Å². The molecular weight excluding hydrogens is 417 g/mol. The molecule has 0 saturated heterocycles. The summed E-state index contributed by atoms with van der Waals surface area (Å²) in [6, 6.07) is 3.73. The Hall–Kier alpha value is -2.95. The number of ether oxygens (including phenoxy) is 1. The lowest BCUT2D eigenvalue weighted by molar-refractivity contribution is -0.192. The normalized spacial score (nSPS) is 18.6. The highest BCUT2D eigenvalue weighted by molar-refractivity contribution is 5.76. The summed E-state index contributed by atoms with van der Waals surface area (Å²) in [5.74, 6) is -2.09. The summed E-state index contributed by atoms with van der Waals surface area (Å²) in [6.45, 7) is 1.00. The molecule has 1 aliphatic carbocycles. The van der Waals surface area contributed by atoms with Crippen LogP contribution in [0.15, 0.2) is 30.7 Å². The molecular formula is C20H23F3N4O4. The molecule has 0 bridgehead atoms. The maximum atomic E-state index is 12.3. The van der Waals surface area contributed by atoms with Gasteiger partial charge in [-0.1, -0.05) is 12.8 Å².